The van der Waals surface area contributed by atoms with Crippen LogP contribution in [0, 0.1) is 42.4 Å². The molecular formula is C33H46N4O. The summed E-state index contributed by atoms with van der Waals surface area (Å²) in [6, 6.07) is 13.2. The third-order valence-electron chi connectivity index (χ3n) is 11.5. The quantitative estimate of drug-likeness (QED) is 0.356. The summed E-state index contributed by atoms with van der Waals surface area (Å²) in [5, 5.41) is 4.42. The topological polar surface area (TPSA) is 47.1 Å². The Morgan fingerprint density at radius 1 is 0.763 bits per heavy atom. The predicted molar refractivity (Wildman–Crippen MR) is 153 cm³/mol. The van der Waals surface area contributed by atoms with Crippen LogP contribution in [-0.4, -0.2) is 37.7 Å². The van der Waals surface area contributed by atoms with Crippen molar-refractivity contribution in [2.75, 3.05) is 0 Å². The highest BCUT2D eigenvalue weighted by atomic mass is 16.5. The van der Waals surface area contributed by atoms with E-state index in [1.165, 1.54) is 56.9 Å². The first-order valence-corrected chi connectivity index (χ1v) is 15.6. The maximum atomic E-state index is 5.52. The van der Waals surface area contributed by atoms with E-state index in [0.29, 0.717) is 18.1 Å². The Labute approximate surface area is 228 Å². The summed E-state index contributed by atoms with van der Waals surface area (Å²) in [4.78, 5) is 8.22. The summed E-state index contributed by atoms with van der Waals surface area (Å²) in [5.74, 6) is 6.88. The van der Waals surface area contributed by atoms with E-state index >= 15 is 0 Å². The van der Waals surface area contributed by atoms with E-state index in [2.05, 4.69) is 66.6 Å². The molecule has 0 amide bonds. The molecule has 2 aromatic heterocycles. The molecule has 0 N–H and O–H groups in total. The van der Waals surface area contributed by atoms with E-state index in [1.54, 1.807) is 0 Å². The number of nitrogens with zero attached hydrogens (tertiary/aromatic N) is 4. The number of imidazole rings is 1. The van der Waals surface area contributed by atoms with E-state index in [1.807, 2.05) is 13.0 Å². The molecule has 4 aliphatic rings. The lowest BCUT2D eigenvalue weighted by atomic mass is 9.68. The smallest absolute Gasteiger partial charge is 0.163 e. The number of aromatic nitrogens is 3. The Morgan fingerprint density at radius 2 is 1.39 bits per heavy atom. The maximum absolute atomic E-state index is 5.52. The molecule has 2 saturated carbocycles. The van der Waals surface area contributed by atoms with E-state index in [-0.39, 0.29) is 0 Å². The minimum Gasteiger partial charge on any atom is -0.361 e. The van der Waals surface area contributed by atoms with E-state index in [0.717, 1.165) is 64.3 Å². The van der Waals surface area contributed by atoms with Crippen molar-refractivity contribution in [3.63, 3.8) is 0 Å². The van der Waals surface area contributed by atoms with Crippen LogP contribution in [0.3, 0.4) is 0 Å². The van der Waals surface area contributed by atoms with Crippen molar-refractivity contribution < 1.29 is 4.52 Å². The first-order valence-electron chi connectivity index (χ1n) is 15.6. The first kappa shape index (κ1) is 24.9. The van der Waals surface area contributed by atoms with Crippen LogP contribution >= 0.6 is 0 Å². The van der Waals surface area contributed by atoms with Gasteiger partial charge in [0.2, 0.25) is 0 Å². The zero-order valence-electron chi connectivity index (χ0n) is 24.0. The Balaban J connectivity index is 1.27. The van der Waals surface area contributed by atoms with Crippen LogP contribution in [0.2, 0.25) is 0 Å². The Morgan fingerprint density at radius 3 is 2.03 bits per heavy atom. The SMILES string of the molecule is Cc1cc(-c2nc3ccccc3n2C2CC3C(C)CC(C)C(C2)N3C2CC3CCC(C2)C(C)CC3C)no1. The summed E-state index contributed by atoms with van der Waals surface area (Å²) >= 11 is 0. The first-order chi connectivity index (χ1) is 18.4. The minimum atomic E-state index is 0.439. The van der Waals surface area contributed by atoms with Crippen LogP contribution in [0.25, 0.3) is 22.6 Å². The molecule has 8 unspecified atom stereocenters. The molecule has 8 atom stereocenters. The van der Waals surface area contributed by atoms with Gasteiger partial charge >= 0.3 is 0 Å². The highest BCUT2D eigenvalue weighted by Crippen LogP contribution is 2.51. The third-order valence-corrected chi connectivity index (χ3v) is 11.5. The molecule has 2 aliphatic heterocycles. The lowest BCUT2D eigenvalue weighted by molar-refractivity contribution is -0.0818. The molecule has 2 saturated heterocycles. The maximum Gasteiger partial charge on any atom is 0.163 e. The predicted octanol–water partition coefficient (Wildman–Crippen LogP) is 7.90. The van der Waals surface area contributed by atoms with Crippen molar-refractivity contribution in [3.05, 3.63) is 36.1 Å². The standard InChI is InChI=1S/C33H46N4O/c1-19-12-20(2)25-11-10-24(19)15-26(16-25)36-31-17-27(18-32(36)22(4)13-21(31)3)37-30-9-7-6-8-28(30)34-33(37)29-14-23(5)38-35-29/h6-9,14,19-22,24-27,31-32H,10-13,15-18H2,1-5H3. The number of hydrogen-bond acceptors (Lipinski definition) is 4. The van der Waals surface area contributed by atoms with Crippen molar-refractivity contribution >= 4 is 11.0 Å². The Bertz CT molecular complexity index is 1260. The van der Waals surface area contributed by atoms with Crippen LogP contribution in [0.5, 0.6) is 0 Å². The number of benzene rings is 1. The second-order valence-electron chi connectivity index (χ2n) is 13.9. The van der Waals surface area contributed by atoms with Crippen molar-refractivity contribution in [2.24, 2.45) is 35.5 Å². The third kappa shape index (κ3) is 4.06. The van der Waals surface area contributed by atoms with Crippen LogP contribution in [0.1, 0.15) is 90.9 Å². The molecule has 204 valence electrons. The van der Waals surface area contributed by atoms with E-state index in [4.69, 9.17) is 9.51 Å². The molecule has 4 heterocycles. The molecular weight excluding hydrogens is 468 g/mol. The van der Waals surface area contributed by atoms with Crippen molar-refractivity contribution in [2.45, 2.75) is 110 Å². The van der Waals surface area contributed by atoms with E-state index < -0.39 is 0 Å². The van der Waals surface area contributed by atoms with Crippen LogP contribution in [0.15, 0.2) is 34.9 Å². The molecule has 4 fully saturated rings. The number of aryl methyl sites for hydroxylation is 1. The lowest BCUT2D eigenvalue weighted by Crippen LogP contribution is -2.62. The fourth-order valence-electron chi connectivity index (χ4n) is 9.62. The van der Waals surface area contributed by atoms with Gasteiger partial charge in [-0.05, 0) is 106 Å². The number of hydrogen-bond donors (Lipinski definition) is 0. The van der Waals surface area contributed by atoms with E-state index in [9.17, 15) is 0 Å². The average Bonchev–Trinajstić information content (AvgIpc) is 3.38. The van der Waals surface area contributed by atoms with Crippen molar-refractivity contribution in [1.29, 1.82) is 0 Å². The summed E-state index contributed by atoms with van der Waals surface area (Å²) in [6.45, 7) is 12.2. The highest BCUT2D eigenvalue weighted by molar-refractivity contribution is 5.80. The van der Waals surface area contributed by atoms with Crippen LogP contribution in [0.4, 0.5) is 0 Å². The van der Waals surface area contributed by atoms with Gasteiger partial charge in [0.25, 0.3) is 0 Å². The monoisotopic (exact) mass is 514 g/mol. The summed E-state index contributed by atoms with van der Waals surface area (Å²) in [7, 11) is 0. The number of rotatable bonds is 3. The van der Waals surface area contributed by atoms with Crippen LogP contribution < -0.4 is 0 Å². The fourth-order valence-corrected chi connectivity index (χ4v) is 9.62. The van der Waals surface area contributed by atoms with Crippen molar-refractivity contribution in [1.82, 2.24) is 19.6 Å². The highest BCUT2D eigenvalue weighted by Gasteiger charge is 2.50. The van der Waals surface area contributed by atoms with Crippen LogP contribution in [-0.2, 0) is 0 Å². The summed E-state index contributed by atoms with van der Waals surface area (Å²) in [5.41, 5.74) is 3.18. The minimum absolute atomic E-state index is 0.439. The molecule has 3 aromatic rings. The number of piperidine rings is 2. The molecule has 4 bridgehead atoms. The molecule has 1 aromatic carbocycles. The van der Waals surface area contributed by atoms with Gasteiger partial charge in [0.05, 0.1) is 11.0 Å². The Hall–Kier alpha value is -2.14. The molecule has 2 aliphatic carbocycles. The fraction of sp³-hybridized carbons (Fsp3) is 0.697. The summed E-state index contributed by atoms with van der Waals surface area (Å²) in [6.07, 6.45) is 11.0. The van der Waals surface area contributed by atoms with Gasteiger partial charge in [-0.15, -0.1) is 0 Å². The molecule has 5 nitrogen and oxygen atoms in total. The molecule has 0 spiro atoms. The molecule has 0 radical (unpaired) electrons. The van der Waals surface area contributed by atoms with Gasteiger partial charge in [0.15, 0.2) is 5.82 Å². The molecule has 7 rings (SSSR count). The normalized spacial score (nSPS) is 39.8. The van der Waals surface area contributed by atoms with Gasteiger partial charge in [-0.3, -0.25) is 4.90 Å². The Kier molecular flexibility index (Phi) is 6.22. The van der Waals surface area contributed by atoms with Gasteiger partial charge in [0, 0.05) is 30.2 Å². The van der Waals surface area contributed by atoms with Gasteiger partial charge in [-0.2, -0.15) is 0 Å². The molecule has 5 heteroatoms. The lowest BCUT2D eigenvalue weighted by Gasteiger charge is -2.58. The van der Waals surface area contributed by atoms with Gasteiger partial charge in [0.1, 0.15) is 11.5 Å². The zero-order chi connectivity index (χ0) is 26.1. The largest absolute Gasteiger partial charge is 0.361 e. The summed E-state index contributed by atoms with van der Waals surface area (Å²) < 4.78 is 8.06. The molecule has 38 heavy (non-hydrogen) atoms. The number of fused-ring (bicyclic) bond motifs is 6. The van der Waals surface area contributed by atoms with Gasteiger partial charge in [-0.25, -0.2) is 4.98 Å². The second-order valence-corrected chi connectivity index (χ2v) is 13.9. The van der Waals surface area contributed by atoms with Gasteiger partial charge in [-0.1, -0.05) is 45.0 Å². The van der Waals surface area contributed by atoms with Crippen molar-refractivity contribution in [3.8, 4) is 11.5 Å². The second kappa shape index (κ2) is 9.50. The number of para-hydroxylation sites is 2. The average molecular weight is 515 g/mol. The van der Waals surface area contributed by atoms with Gasteiger partial charge < -0.3 is 9.09 Å². The zero-order valence-corrected chi connectivity index (χ0v) is 24.0.